The van der Waals surface area contributed by atoms with E-state index in [-0.39, 0.29) is 6.61 Å². The summed E-state index contributed by atoms with van der Waals surface area (Å²) in [5.74, 6) is 1.05. The van der Waals surface area contributed by atoms with Crippen molar-refractivity contribution in [3.8, 4) is 0 Å². The molecule has 0 spiro atoms. The molecule has 5 heteroatoms. The van der Waals surface area contributed by atoms with Crippen LogP contribution >= 0.6 is 11.6 Å². The summed E-state index contributed by atoms with van der Waals surface area (Å²) in [6.07, 6.45) is 3.82. The van der Waals surface area contributed by atoms with Crippen molar-refractivity contribution in [2.45, 2.75) is 19.7 Å². The summed E-state index contributed by atoms with van der Waals surface area (Å²) in [5, 5.41) is 10.1. The SMILES string of the molecule is OCc1c(Cl)cccc1N1CCn2ccnc2C1. The van der Waals surface area contributed by atoms with Crippen molar-refractivity contribution in [3.63, 3.8) is 0 Å². The molecule has 0 atom stereocenters. The number of hydrogen-bond acceptors (Lipinski definition) is 3. The molecule has 0 bridgehead atoms. The van der Waals surface area contributed by atoms with E-state index < -0.39 is 0 Å². The molecule has 1 N–H and O–H groups in total. The van der Waals surface area contributed by atoms with Crippen molar-refractivity contribution >= 4 is 17.3 Å². The van der Waals surface area contributed by atoms with Crippen LogP contribution in [0.2, 0.25) is 5.02 Å². The molecule has 2 aromatic rings. The molecule has 1 aliphatic heterocycles. The van der Waals surface area contributed by atoms with Crippen LogP contribution in [0, 0.1) is 0 Å². The van der Waals surface area contributed by atoms with Gasteiger partial charge in [0.05, 0.1) is 13.2 Å². The fourth-order valence-corrected chi connectivity index (χ4v) is 2.61. The zero-order valence-corrected chi connectivity index (χ0v) is 10.6. The fourth-order valence-electron chi connectivity index (χ4n) is 2.38. The van der Waals surface area contributed by atoms with Crippen LogP contribution < -0.4 is 4.90 Å². The molecule has 2 heterocycles. The van der Waals surface area contributed by atoms with Gasteiger partial charge in [0.1, 0.15) is 5.82 Å². The maximum absolute atomic E-state index is 9.45. The molecule has 0 radical (unpaired) electrons. The Morgan fingerprint density at radius 2 is 2.22 bits per heavy atom. The molecule has 0 saturated carbocycles. The van der Waals surface area contributed by atoms with Gasteiger partial charge in [-0.15, -0.1) is 0 Å². The number of aliphatic hydroxyl groups excluding tert-OH is 1. The Balaban J connectivity index is 1.95. The number of rotatable bonds is 2. The van der Waals surface area contributed by atoms with Crippen LogP contribution in [0.3, 0.4) is 0 Å². The molecule has 4 nitrogen and oxygen atoms in total. The average Bonchev–Trinajstić information content (AvgIpc) is 2.85. The van der Waals surface area contributed by atoms with Crippen molar-refractivity contribution < 1.29 is 5.11 Å². The van der Waals surface area contributed by atoms with Crippen LogP contribution in [0.1, 0.15) is 11.4 Å². The predicted molar refractivity (Wildman–Crippen MR) is 70.7 cm³/mol. The number of anilines is 1. The van der Waals surface area contributed by atoms with Crippen molar-refractivity contribution in [2.75, 3.05) is 11.4 Å². The zero-order chi connectivity index (χ0) is 12.5. The molecule has 1 aromatic carbocycles. The normalized spacial score (nSPS) is 14.7. The molecule has 18 heavy (non-hydrogen) atoms. The minimum atomic E-state index is -0.0417. The molecular weight excluding hydrogens is 250 g/mol. The number of fused-ring (bicyclic) bond motifs is 1. The second-order valence-electron chi connectivity index (χ2n) is 4.35. The Morgan fingerprint density at radius 3 is 3.06 bits per heavy atom. The highest BCUT2D eigenvalue weighted by molar-refractivity contribution is 6.31. The predicted octanol–water partition coefficient (Wildman–Crippen LogP) is 2.05. The minimum absolute atomic E-state index is 0.0417. The summed E-state index contributed by atoms with van der Waals surface area (Å²) < 4.78 is 2.15. The maximum atomic E-state index is 9.45. The van der Waals surface area contributed by atoms with Gasteiger partial charge in [0, 0.05) is 41.8 Å². The second kappa shape index (κ2) is 4.63. The van der Waals surface area contributed by atoms with E-state index in [0.29, 0.717) is 5.02 Å². The highest BCUT2D eigenvalue weighted by Crippen LogP contribution is 2.29. The molecule has 0 saturated heterocycles. The van der Waals surface area contributed by atoms with E-state index in [2.05, 4.69) is 14.5 Å². The van der Waals surface area contributed by atoms with E-state index in [1.165, 1.54) is 0 Å². The lowest BCUT2D eigenvalue weighted by atomic mass is 10.1. The van der Waals surface area contributed by atoms with Gasteiger partial charge in [-0.25, -0.2) is 4.98 Å². The van der Waals surface area contributed by atoms with Gasteiger partial charge in [-0.05, 0) is 12.1 Å². The summed E-state index contributed by atoms with van der Waals surface area (Å²) in [4.78, 5) is 6.54. The first-order chi connectivity index (χ1) is 8.79. The van der Waals surface area contributed by atoms with E-state index in [0.717, 1.165) is 36.7 Å². The lowest BCUT2D eigenvalue weighted by Gasteiger charge is -2.31. The molecule has 3 rings (SSSR count). The third-order valence-corrected chi connectivity index (χ3v) is 3.69. The summed E-state index contributed by atoms with van der Waals surface area (Å²) >= 11 is 6.12. The zero-order valence-electron chi connectivity index (χ0n) is 9.88. The van der Waals surface area contributed by atoms with Crippen molar-refractivity contribution in [2.24, 2.45) is 0 Å². The molecular formula is C13H14ClN3O. The highest BCUT2D eigenvalue weighted by Gasteiger charge is 2.19. The van der Waals surface area contributed by atoms with Crippen LogP contribution in [0.15, 0.2) is 30.6 Å². The van der Waals surface area contributed by atoms with Gasteiger partial charge in [0.15, 0.2) is 0 Å². The summed E-state index contributed by atoms with van der Waals surface area (Å²) in [5.41, 5.74) is 1.79. The Hall–Kier alpha value is -1.52. The van der Waals surface area contributed by atoms with Crippen molar-refractivity contribution in [3.05, 3.63) is 47.0 Å². The first-order valence-electron chi connectivity index (χ1n) is 5.93. The van der Waals surface area contributed by atoms with Crippen LogP contribution in [0.25, 0.3) is 0 Å². The second-order valence-corrected chi connectivity index (χ2v) is 4.76. The monoisotopic (exact) mass is 263 g/mol. The Kier molecular flexibility index (Phi) is 2.97. The number of imidazole rings is 1. The smallest absolute Gasteiger partial charge is 0.128 e. The van der Waals surface area contributed by atoms with Gasteiger partial charge in [-0.1, -0.05) is 17.7 Å². The first-order valence-corrected chi connectivity index (χ1v) is 6.30. The molecule has 94 valence electrons. The van der Waals surface area contributed by atoms with Gasteiger partial charge in [0.25, 0.3) is 0 Å². The number of nitrogens with zero attached hydrogens (tertiary/aromatic N) is 3. The van der Waals surface area contributed by atoms with Crippen LogP contribution in [0.4, 0.5) is 5.69 Å². The van der Waals surface area contributed by atoms with E-state index >= 15 is 0 Å². The van der Waals surface area contributed by atoms with E-state index in [1.54, 1.807) is 0 Å². The van der Waals surface area contributed by atoms with E-state index in [9.17, 15) is 5.11 Å². The third-order valence-electron chi connectivity index (χ3n) is 3.34. The maximum Gasteiger partial charge on any atom is 0.128 e. The quantitative estimate of drug-likeness (QED) is 0.902. The number of benzene rings is 1. The van der Waals surface area contributed by atoms with Crippen molar-refractivity contribution in [1.29, 1.82) is 0 Å². The van der Waals surface area contributed by atoms with Gasteiger partial charge in [-0.2, -0.15) is 0 Å². The number of halogens is 1. The Bertz CT molecular complexity index is 567. The molecule has 1 aliphatic rings. The van der Waals surface area contributed by atoms with E-state index in [4.69, 9.17) is 11.6 Å². The molecule has 0 amide bonds. The Labute approximate surface area is 110 Å². The summed E-state index contributed by atoms with van der Waals surface area (Å²) in [7, 11) is 0. The van der Waals surface area contributed by atoms with Crippen LogP contribution in [0.5, 0.6) is 0 Å². The standard InChI is InChI=1S/C13H14ClN3O/c14-11-2-1-3-12(10(11)9-18)17-7-6-16-5-4-15-13(16)8-17/h1-5,18H,6-9H2. The van der Waals surface area contributed by atoms with Crippen LogP contribution in [-0.2, 0) is 19.7 Å². The van der Waals surface area contributed by atoms with Gasteiger partial charge in [-0.3, -0.25) is 0 Å². The minimum Gasteiger partial charge on any atom is -0.392 e. The van der Waals surface area contributed by atoms with Gasteiger partial charge in [0.2, 0.25) is 0 Å². The van der Waals surface area contributed by atoms with Crippen molar-refractivity contribution in [1.82, 2.24) is 9.55 Å². The number of hydrogen-bond donors (Lipinski definition) is 1. The lowest BCUT2D eigenvalue weighted by Crippen LogP contribution is -2.34. The third kappa shape index (κ3) is 1.87. The largest absolute Gasteiger partial charge is 0.392 e. The first kappa shape index (κ1) is 11.6. The molecule has 0 aliphatic carbocycles. The Morgan fingerprint density at radius 1 is 1.33 bits per heavy atom. The topological polar surface area (TPSA) is 41.3 Å². The molecule has 0 unspecified atom stereocenters. The lowest BCUT2D eigenvalue weighted by molar-refractivity contribution is 0.282. The average molecular weight is 264 g/mol. The van der Waals surface area contributed by atoms with Crippen LogP contribution in [-0.4, -0.2) is 21.2 Å². The summed E-state index contributed by atoms with van der Waals surface area (Å²) in [6, 6.07) is 5.72. The molecule has 0 fully saturated rings. The van der Waals surface area contributed by atoms with Gasteiger partial charge < -0.3 is 14.6 Å². The molecule has 1 aromatic heterocycles. The van der Waals surface area contributed by atoms with E-state index in [1.807, 2.05) is 30.6 Å². The highest BCUT2D eigenvalue weighted by atomic mass is 35.5. The summed E-state index contributed by atoms with van der Waals surface area (Å²) in [6.45, 7) is 2.52. The van der Waals surface area contributed by atoms with Gasteiger partial charge >= 0.3 is 0 Å². The fraction of sp³-hybridized carbons (Fsp3) is 0.308. The number of aliphatic hydroxyl groups is 1. The number of aromatic nitrogens is 2.